The number of allylic oxidation sites excluding steroid dienone is 1. The molecule has 0 unspecified atom stereocenters. The summed E-state index contributed by atoms with van der Waals surface area (Å²) in [4.78, 5) is 34.0. The first-order valence-electron chi connectivity index (χ1n) is 12.2. The lowest BCUT2D eigenvalue weighted by atomic mass is 10.0. The second kappa shape index (κ2) is 10.9. The zero-order chi connectivity index (χ0) is 27.8. The molecule has 0 amide bonds. The van der Waals surface area contributed by atoms with Crippen LogP contribution in [0.4, 0.5) is 5.69 Å². The van der Waals surface area contributed by atoms with E-state index in [1.54, 1.807) is 44.2 Å². The maximum Gasteiger partial charge on any atom is 0.338 e. The molecule has 5 rings (SSSR count). The van der Waals surface area contributed by atoms with Gasteiger partial charge in [0, 0.05) is 25.3 Å². The number of carbonyl (C=O) groups is 1. The molecule has 1 aliphatic heterocycles. The normalized spacial score (nSPS) is 15.2. The molecule has 3 heterocycles. The molecule has 4 aromatic rings. The number of hydrogen-bond acceptors (Lipinski definition) is 7. The van der Waals surface area contributed by atoms with E-state index in [4.69, 9.17) is 32.4 Å². The van der Waals surface area contributed by atoms with Crippen LogP contribution in [0.25, 0.3) is 17.4 Å². The molecule has 0 aliphatic carbocycles. The second-order valence-corrected chi connectivity index (χ2v) is 10.9. The first-order valence-corrected chi connectivity index (χ1v) is 13.8. The number of esters is 1. The summed E-state index contributed by atoms with van der Waals surface area (Å²) in [5.41, 5.74) is 3.09. The highest BCUT2D eigenvalue weighted by Crippen LogP contribution is 2.35. The number of aromatic nitrogens is 1. The van der Waals surface area contributed by atoms with Gasteiger partial charge < -0.3 is 14.1 Å². The number of benzene rings is 2. The van der Waals surface area contributed by atoms with E-state index in [2.05, 4.69) is 4.99 Å². The molecule has 0 radical (unpaired) electrons. The minimum Gasteiger partial charge on any atom is -0.463 e. The number of furan rings is 1. The zero-order valence-electron chi connectivity index (χ0n) is 21.7. The third kappa shape index (κ3) is 5.20. The smallest absolute Gasteiger partial charge is 0.338 e. The topological polar surface area (TPSA) is 77.0 Å². The van der Waals surface area contributed by atoms with Gasteiger partial charge in [0.05, 0.1) is 32.5 Å². The van der Waals surface area contributed by atoms with E-state index in [1.807, 2.05) is 49.3 Å². The number of hydrogen-bond donors (Lipinski definition) is 0. The molecule has 0 N–H and O–H groups in total. The molecule has 1 atom stereocenters. The van der Waals surface area contributed by atoms with Crippen LogP contribution in [0.15, 0.2) is 80.1 Å². The average molecular weight is 583 g/mol. The van der Waals surface area contributed by atoms with Gasteiger partial charge in [0.1, 0.15) is 17.6 Å². The van der Waals surface area contributed by atoms with Crippen LogP contribution in [-0.2, 0) is 9.53 Å². The van der Waals surface area contributed by atoms with Gasteiger partial charge in [0.15, 0.2) is 4.80 Å². The van der Waals surface area contributed by atoms with E-state index in [0.717, 1.165) is 11.3 Å². The Balaban J connectivity index is 1.65. The summed E-state index contributed by atoms with van der Waals surface area (Å²) in [6, 6.07) is 15.7. The van der Waals surface area contributed by atoms with E-state index in [1.165, 1.54) is 15.9 Å². The van der Waals surface area contributed by atoms with Crippen molar-refractivity contribution in [3.05, 3.63) is 107 Å². The molecule has 10 heteroatoms. The quantitative estimate of drug-likeness (QED) is 0.284. The number of nitrogens with zero attached hydrogens (tertiary/aromatic N) is 3. The molecule has 2 aromatic carbocycles. The lowest BCUT2D eigenvalue weighted by molar-refractivity contribution is -0.139. The summed E-state index contributed by atoms with van der Waals surface area (Å²) in [5.74, 6) is 0.366. The molecule has 0 fully saturated rings. The van der Waals surface area contributed by atoms with E-state index < -0.39 is 12.0 Å². The van der Waals surface area contributed by atoms with Crippen molar-refractivity contribution in [2.24, 2.45) is 4.99 Å². The Bertz CT molecular complexity index is 1780. The highest BCUT2D eigenvalue weighted by Gasteiger charge is 2.35. The van der Waals surface area contributed by atoms with Crippen LogP contribution in [0.3, 0.4) is 0 Å². The SMILES string of the molecule is CCOC(=O)C1=C(C)N=c2s/c(=C\c3ccc(N(C)C)cc3)c(=O)n2[C@@H]1c1ccc(-c2ccc(Cl)c(Cl)c2)o1. The lowest BCUT2D eigenvalue weighted by Crippen LogP contribution is -2.39. The third-order valence-corrected chi connectivity index (χ3v) is 8.05. The fourth-order valence-corrected chi connectivity index (χ4v) is 5.73. The Morgan fingerprint density at radius 2 is 1.87 bits per heavy atom. The number of rotatable bonds is 6. The average Bonchev–Trinajstić information content (AvgIpc) is 3.50. The van der Waals surface area contributed by atoms with Crippen LogP contribution in [-0.4, -0.2) is 31.2 Å². The molecular formula is C29H25Cl2N3O4S. The van der Waals surface area contributed by atoms with Crippen LogP contribution in [0.5, 0.6) is 0 Å². The fourth-order valence-electron chi connectivity index (χ4n) is 4.39. The maximum atomic E-state index is 13.8. The number of carbonyl (C=O) groups excluding carboxylic acids is 1. The van der Waals surface area contributed by atoms with Gasteiger partial charge in [-0.1, -0.05) is 46.7 Å². The van der Waals surface area contributed by atoms with Crippen molar-refractivity contribution < 1.29 is 13.9 Å². The van der Waals surface area contributed by atoms with Gasteiger partial charge in [0.2, 0.25) is 0 Å². The summed E-state index contributed by atoms with van der Waals surface area (Å²) in [7, 11) is 3.94. The van der Waals surface area contributed by atoms with Gasteiger partial charge in [-0.05, 0) is 68.0 Å². The van der Waals surface area contributed by atoms with Crippen molar-refractivity contribution in [2.45, 2.75) is 19.9 Å². The monoisotopic (exact) mass is 581 g/mol. The van der Waals surface area contributed by atoms with Crippen molar-refractivity contribution >= 4 is 52.3 Å². The highest BCUT2D eigenvalue weighted by atomic mass is 35.5. The number of ether oxygens (including phenoxy) is 1. The van der Waals surface area contributed by atoms with E-state index in [0.29, 0.717) is 42.2 Å². The Morgan fingerprint density at radius 3 is 2.54 bits per heavy atom. The van der Waals surface area contributed by atoms with Gasteiger partial charge >= 0.3 is 5.97 Å². The molecule has 2 aromatic heterocycles. The second-order valence-electron chi connectivity index (χ2n) is 9.12. The summed E-state index contributed by atoms with van der Waals surface area (Å²) in [5, 5.41) is 0.820. The minimum absolute atomic E-state index is 0.183. The van der Waals surface area contributed by atoms with Crippen molar-refractivity contribution in [3.63, 3.8) is 0 Å². The number of thiazole rings is 1. The van der Waals surface area contributed by atoms with Gasteiger partial charge in [-0.25, -0.2) is 9.79 Å². The molecule has 1 aliphatic rings. The predicted octanol–water partition coefficient (Wildman–Crippen LogP) is 5.43. The number of fused-ring (bicyclic) bond motifs is 1. The first kappa shape index (κ1) is 27.0. The summed E-state index contributed by atoms with van der Waals surface area (Å²) < 4.78 is 13.6. The molecule has 0 saturated heterocycles. The Hall–Kier alpha value is -3.59. The Kier molecular flexibility index (Phi) is 7.53. The molecule has 7 nitrogen and oxygen atoms in total. The van der Waals surface area contributed by atoms with Crippen LogP contribution < -0.4 is 19.8 Å². The Morgan fingerprint density at radius 1 is 1.13 bits per heavy atom. The lowest BCUT2D eigenvalue weighted by Gasteiger charge is -2.22. The van der Waals surface area contributed by atoms with E-state index >= 15 is 0 Å². The number of anilines is 1. The van der Waals surface area contributed by atoms with Crippen LogP contribution >= 0.6 is 34.5 Å². The highest BCUT2D eigenvalue weighted by molar-refractivity contribution is 7.07. The van der Waals surface area contributed by atoms with Crippen molar-refractivity contribution in [1.29, 1.82) is 0 Å². The van der Waals surface area contributed by atoms with Gasteiger partial charge in [-0.2, -0.15) is 0 Å². The third-order valence-electron chi connectivity index (χ3n) is 6.32. The number of halogens is 2. The molecule has 39 heavy (non-hydrogen) atoms. The predicted molar refractivity (Wildman–Crippen MR) is 155 cm³/mol. The van der Waals surface area contributed by atoms with Gasteiger partial charge in [0.25, 0.3) is 5.56 Å². The summed E-state index contributed by atoms with van der Waals surface area (Å²) >= 11 is 13.6. The molecule has 200 valence electrons. The maximum absolute atomic E-state index is 13.8. The van der Waals surface area contributed by atoms with Crippen molar-refractivity contribution in [3.8, 4) is 11.3 Å². The molecular weight excluding hydrogens is 557 g/mol. The molecule has 0 spiro atoms. The van der Waals surface area contributed by atoms with Crippen molar-refractivity contribution in [1.82, 2.24) is 4.57 Å². The molecule has 0 saturated carbocycles. The fraction of sp³-hybridized carbons (Fsp3) is 0.207. The standard InChI is InChI=1S/C29H25Cl2N3O4S/c1-5-37-28(36)25-16(2)32-29-34(27(35)24(39-29)14-17-6-9-19(10-7-17)33(3)4)26(25)23-13-12-22(38-23)18-8-11-20(30)21(31)15-18/h6-15,26H,5H2,1-4H3/b24-14-/t26-/m1/s1. The van der Waals surface area contributed by atoms with E-state index in [-0.39, 0.29) is 17.7 Å². The van der Waals surface area contributed by atoms with E-state index in [9.17, 15) is 9.59 Å². The van der Waals surface area contributed by atoms with Crippen LogP contribution in [0.2, 0.25) is 10.0 Å². The van der Waals surface area contributed by atoms with Crippen molar-refractivity contribution in [2.75, 3.05) is 25.6 Å². The van der Waals surface area contributed by atoms with Gasteiger partial charge in [-0.3, -0.25) is 9.36 Å². The van der Waals surface area contributed by atoms with Gasteiger partial charge in [-0.15, -0.1) is 0 Å². The summed E-state index contributed by atoms with van der Waals surface area (Å²) in [6.07, 6.45) is 1.83. The zero-order valence-corrected chi connectivity index (χ0v) is 24.0. The minimum atomic E-state index is -0.852. The largest absolute Gasteiger partial charge is 0.463 e. The molecule has 0 bridgehead atoms. The Labute approximate surface area is 238 Å². The summed E-state index contributed by atoms with van der Waals surface area (Å²) in [6.45, 7) is 3.65. The first-order chi connectivity index (χ1) is 18.7. The van der Waals surface area contributed by atoms with Crippen LogP contribution in [0.1, 0.15) is 31.2 Å². The van der Waals surface area contributed by atoms with Crippen LogP contribution in [0, 0.1) is 0 Å².